The predicted molar refractivity (Wildman–Crippen MR) is 57.6 cm³/mol. The molecule has 1 aliphatic rings. The highest BCUT2D eigenvalue weighted by Crippen LogP contribution is 2.13. The average molecular weight is 208 g/mol. The van der Waals surface area contributed by atoms with Gasteiger partial charge < -0.3 is 15.4 Å². The van der Waals surface area contributed by atoms with E-state index >= 15 is 0 Å². The van der Waals surface area contributed by atoms with Gasteiger partial charge >= 0.3 is 0 Å². The molecule has 0 amide bonds. The summed E-state index contributed by atoms with van der Waals surface area (Å²) in [5, 5.41) is 8.19. The lowest BCUT2D eigenvalue weighted by Gasteiger charge is -2.31. The zero-order valence-corrected chi connectivity index (χ0v) is 8.89. The summed E-state index contributed by atoms with van der Waals surface area (Å²) in [6.45, 7) is 5.00. The van der Waals surface area contributed by atoms with E-state index < -0.39 is 0 Å². The van der Waals surface area contributed by atoms with Crippen LogP contribution in [0.4, 0.5) is 5.82 Å². The molecule has 2 rings (SSSR count). The Labute approximate surface area is 89.2 Å². The van der Waals surface area contributed by atoms with Crippen molar-refractivity contribution >= 4 is 5.82 Å². The number of nitrogens with zero attached hydrogens (tertiary/aromatic N) is 3. The van der Waals surface area contributed by atoms with Crippen molar-refractivity contribution in [1.82, 2.24) is 10.2 Å². The molecule has 0 radical (unpaired) electrons. The normalized spacial score (nSPS) is 21.7. The first-order valence-corrected chi connectivity index (χ1v) is 5.19. The number of rotatable bonds is 2. The molecule has 5 nitrogen and oxygen atoms in total. The first-order chi connectivity index (χ1) is 7.29. The van der Waals surface area contributed by atoms with Crippen LogP contribution in [0.5, 0.6) is 0 Å². The summed E-state index contributed by atoms with van der Waals surface area (Å²) in [4.78, 5) is 2.18. The van der Waals surface area contributed by atoms with E-state index in [1.165, 1.54) is 0 Å². The van der Waals surface area contributed by atoms with E-state index in [0.29, 0.717) is 6.54 Å². The molecular weight excluding hydrogens is 192 g/mol. The van der Waals surface area contributed by atoms with Gasteiger partial charge in [-0.25, -0.2) is 0 Å². The second kappa shape index (κ2) is 4.55. The molecule has 1 aromatic rings. The summed E-state index contributed by atoms with van der Waals surface area (Å²) in [6, 6.07) is 3.88. The molecule has 2 heterocycles. The molecule has 0 aliphatic carbocycles. The molecule has 1 atom stereocenters. The van der Waals surface area contributed by atoms with Gasteiger partial charge in [0.1, 0.15) is 0 Å². The molecule has 1 fully saturated rings. The Bertz CT molecular complexity index is 314. The summed E-state index contributed by atoms with van der Waals surface area (Å²) in [5.41, 5.74) is 6.28. The van der Waals surface area contributed by atoms with E-state index in [9.17, 15) is 0 Å². The fourth-order valence-electron chi connectivity index (χ4n) is 1.66. The van der Waals surface area contributed by atoms with Crippen molar-refractivity contribution in [3.05, 3.63) is 17.8 Å². The van der Waals surface area contributed by atoms with Crippen LogP contribution in [0.25, 0.3) is 0 Å². The zero-order chi connectivity index (χ0) is 10.7. The maximum Gasteiger partial charge on any atom is 0.151 e. The van der Waals surface area contributed by atoms with Crippen LogP contribution in [0.2, 0.25) is 0 Å². The lowest BCUT2D eigenvalue weighted by atomic mass is 10.3. The van der Waals surface area contributed by atoms with E-state index in [4.69, 9.17) is 10.5 Å². The molecule has 82 valence electrons. The first kappa shape index (κ1) is 10.3. The Morgan fingerprint density at radius 3 is 3.00 bits per heavy atom. The van der Waals surface area contributed by atoms with Crippen molar-refractivity contribution in [3.8, 4) is 0 Å². The first-order valence-electron chi connectivity index (χ1n) is 5.19. The zero-order valence-electron chi connectivity index (χ0n) is 8.89. The molecule has 2 N–H and O–H groups in total. The van der Waals surface area contributed by atoms with Gasteiger partial charge in [0.15, 0.2) is 5.82 Å². The summed E-state index contributed by atoms with van der Waals surface area (Å²) in [5.74, 6) is 0.905. The van der Waals surface area contributed by atoms with Crippen LogP contribution < -0.4 is 10.6 Å². The van der Waals surface area contributed by atoms with Gasteiger partial charge in [-0.05, 0) is 19.1 Å². The minimum Gasteiger partial charge on any atom is -0.375 e. The van der Waals surface area contributed by atoms with Crippen LogP contribution in [0, 0.1) is 0 Å². The molecule has 0 saturated carbocycles. The maximum atomic E-state index is 5.46. The smallest absolute Gasteiger partial charge is 0.151 e. The Morgan fingerprint density at radius 2 is 2.40 bits per heavy atom. The number of hydrogen-bond acceptors (Lipinski definition) is 5. The van der Waals surface area contributed by atoms with Crippen molar-refractivity contribution in [1.29, 1.82) is 0 Å². The minimum atomic E-state index is 0.259. The highest BCUT2D eigenvalue weighted by molar-refractivity contribution is 5.37. The predicted octanol–water partition coefficient (Wildman–Crippen LogP) is 0.160. The average Bonchev–Trinajstić information content (AvgIpc) is 2.29. The van der Waals surface area contributed by atoms with E-state index in [0.717, 1.165) is 31.2 Å². The van der Waals surface area contributed by atoms with Gasteiger partial charge in [0.05, 0.1) is 18.4 Å². The van der Waals surface area contributed by atoms with Crippen molar-refractivity contribution in [2.24, 2.45) is 5.73 Å². The van der Waals surface area contributed by atoms with Gasteiger partial charge in [0.2, 0.25) is 0 Å². The second-order valence-corrected chi connectivity index (χ2v) is 3.71. The fraction of sp³-hybridized carbons (Fsp3) is 0.600. The molecule has 15 heavy (non-hydrogen) atoms. The quantitative estimate of drug-likeness (QED) is 0.750. The van der Waals surface area contributed by atoms with Crippen molar-refractivity contribution in [2.45, 2.75) is 19.6 Å². The number of anilines is 1. The highest BCUT2D eigenvalue weighted by atomic mass is 16.5. The summed E-state index contributed by atoms with van der Waals surface area (Å²) < 4.78 is 5.46. The van der Waals surface area contributed by atoms with Crippen LogP contribution in [0.3, 0.4) is 0 Å². The van der Waals surface area contributed by atoms with Crippen molar-refractivity contribution in [3.63, 3.8) is 0 Å². The highest BCUT2D eigenvalue weighted by Gasteiger charge is 2.17. The van der Waals surface area contributed by atoms with Crippen LogP contribution in [0.15, 0.2) is 12.1 Å². The van der Waals surface area contributed by atoms with Crippen LogP contribution in [0.1, 0.15) is 12.6 Å². The van der Waals surface area contributed by atoms with Crippen molar-refractivity contribution in [2.75, 3.05) is 24.6 Å². The standard InChI is InChI=1S/C10H16N4O/c1-8-7-14(4-5-15-8)10-3-2-9(6-11)12-13-10/h2-3,8H,4-7,11H2,1H3. The number of nitrogens with two attached hydrogens (primary N) is 1. The summed E-state index contributed by atoms with van der Waals surface area (Å²) in [6.07, 6.45) is 0.259. The van der Waals surface area contributed by atoms with E-state index in [-0.39, 0.29) is 6.10 Å². The molecule has 1 aliphatic heterocycles. The summed E-state index contributed by atoms with van der Waals surface area (Å²) >= 11 is 0. The number of aromatic nitrogens is 2. The van der Waals surface area contributed by atoms with E-state index in [1.54, 1.807) is 0 Å². The number of morpholine rings is 1. The molecule has 1 aromatic heterocycles. The molecule has 0 spiro atoms. The summed E-state index contributed by atoms with van der Waals surface area (Å²) in [7, 11) is 0. The fourth-order valence-corrected chi connectivity index (χ4v) is 1.66. The van der Waals surface area contributed by atoms with Gasteiger partial charge in [-0.15, -0.1) is 5.10 Å². The van der Waals surface area contributed by atoms with E-state index in [2.05, 4.69) is 22.0 Å². The Hall–Kier alpha value is -1.20. The third kappa shape index (κ3) is 2.43. The largest absolute Gasteiger partial charge is 0.375 e. The molecule has 1 saturated heterocycles. The molecule has 0 aromatic carbocycles. The maximum absolute atomic E-state index is 5.46. The Kier molecular flexibility index (Phi) is 3.13. The van der Waals surface area contributed by atoms with Gasteiger partial charge in [0, 0.05) is 19.6 Å². The second-order valence-electron chi connectivity index (χ2n) is 3.71. The van der Waals surface area contributed by atoms with Crippen LogP contribution in [-0.4, -0.2) is 36.0 Å². The third-order valence-electron chi connectivity index (χ3n) is 2.48. The third-order valence-corrected chi connectivity index (χ3v) is 2.48. The van der Waals surface area contributed by atoms with Crippen molar-refractivity contribution < 1.29 is 4.74 Å². The minimum absolute atomic E-state index is 0.259. The van der Waals surface area contributed by atoms with E-state index in [1.807, 2.05) is 12.1 Å². The monoisotopic (exact) mass is 208 g/mol. The number of ether oxygens (including phenoxy) is 1. The SMILES string of the molecule is CC1CN(c2ccc(CN)nn2)CCO1. The lowest BCUT2D eigenvalue weighted by Crippen LogP contribution is -2.41. The van der Waals surface area contributed by atoms with Gasteiger partial charge in [-0.1, -0.05) is 0 Å². The van der Waals surface area contributed by atoms with Crippen LogP contribution >= 0.6 is 0 Å². The topological polar surface area (TPSA) is 64.3 Å². The van der Waals surface area contributed by atoms with Gasteiger partial charge in [0.25, 0.3) is 0 Å². The molecule has 0 bridgehead atoms. The lowest BCUT2D eigenvalue weighted by molar-refractivity contribution is 0.0529. The number of hydrogen-bond donors (Lipinski definition) is 1. The molecule has 1 unspecified atom stereocenters. The Morgan fingerprint density at radius 1 is 1.53 bits per heavy atom. The molecule has 5 heteroatoms. The van der Waals surface area contributed by atoms with Gasteiger partial charge in [-0.2, -0.15) is 5.10 Å². The Balaban J connectivity index is 2.07. The van der Waals surface area contributed by atoms with Crippen LogP contribution in [-0.2, 0) is 11.3 Å². The van der Waals surface area contributed by atoms with Gasteiger partial charge in [-0.3, -0.25) is 0 Å². The molecular formula is C10H16N4O.